The molecule has 3 aromatic heterocycles. The average molecular weight is 459 g/mol. The van der Waals surface area contributed by atoms with Gasteiger partial charge in [0.1, 0.15) is 5.15 Å². The predicted molar refractivity (Wildman–Crippen MR) is 123 cm³/mol. The van der Waals surface area contributed by atoms with E-state index in [-0.39, 0.29) is 18.3 Å². The molecule has 0 radical (unpaired) electrons. The number of nitrogens with zero attached hydrogens (tertiary/aromatic N) is 1. The van der Waals surface area contributed by atoms with Crippen LogP contribution in [0.2, 0.25) is 5.15 Å². The lowest BCUT2D eigenvalue weighted by atomic mass is 10.1. The highest BCUT2D eigenvalue weighted by Gasteiger charge is 2.23. The summed E-state index contributed by atoms with van der Waals surface area (Å²) in [7, 11) is 0. The number of esters is 1. The first-order valence-electron chi connectivity index (χ1n) is 9.45. The van der Waals surface area contributed by atoms with E-state index in [9.17, 15) is 9.59 Å². The van der Waals surface area contributed by atoms with E-state index in [0.29, 0.717) is 16.6 Å². The third-order valence-corrected chi connectivity index (χ3v) is 7.10. The Morgan fingerprint density at radius 3 is 2.80 bits per heavy atom. The predicted octanol–water partition coefficient (Wildman–Crippen LogP) is 5.90. The molecule has 4 aromatic rings. The summed E-state index contributed by atoms with van der Waals surface area (Å²) in [4.78, 5) is 31.0. The van der Waals surface area contributed by atoms with Gasteiger partial charge in [-0.3, -0.25) is 9.59 Å². The summed E-state index contributed by atoms with van der Waals surface area (Å²) in [6.45, 7) is 4.08. The van der Waals surface area contributed by atoms with Crippen LogP contribution in [-0.4, -0.2) is 23.5 Å². The summed E-state index contributed by atoms with van der Waals surface area (Å²) in [6.07, 6.45) is 0.0788. The Labute approximate surface area is 186 Å². The molecule has 0 fully saturated rings. The lowest BCUT2D eigenvalue weighted by molar-refractivity contribution is -0.143. The van der Waals surface area contributed by atoms with Crippen LogP contribution in [0.25, 0.3) is 21.0 Å². The number of ether oxygens (including phenoxy) is 1. The molecule has 0 spiro atoms. The average Bonchev–Trinajstić information content (AvgIpc) is 3.39. The molecule has 0 aliphatic carbocycles. The number of pyridine rings is 1. The Kier molecular flexibility index (Phi) is 6.04. The molecule has 1 atom stereocenters. The number of hydrogen-bond acceptors (Lipinski definition) is 6. The van der Waals surface area contributed by atoms with E-state index in [1.807, 2.05) is 42.6 Å². The monoisotopic (exact) mass is 458 g/mol. The Balaban J connectivity index is 1.68. The molecule has 0 aliphatic heterocycles. The van der Waals surface area contributed by atoms with Gasteiger partial charge in [-0.1, -0.05) is 29.3 Å². The van der Waals surface area contributed by atoms with Gasteiger partial charge in [0.25, 0.3) is 5.91 Å². The van der Waals surface area contributed by atoms with Gasteiger partial charge in [-0.15, -0.1) is 22.7 Å². The minimum Gasteiger partial charge on any atom is -0.466 e. The van der Waals surface area contributed by atoms with Crippen molar-refractivity contribution >= 4 is 67.1 Å². The van der Waals surface area contributed by atoms with Gasteiger partial charge >= 0.3 is 5.97 Å². The fraction of sp³-hybridized carbons (Fsp3) is 0.227. The van der Waals surface area contributed by atoms with Crippen molar-refractivity contribution in [2.75, 3.05) is 6.61 Å². The van der Waals surface area contributed by atoms with E-state index in [0.717, 1.165) is 31.4 Å². The molecule has 1 amide bonds. The Hall–Kier alpha value is -2.48. The number of rotatable bonds is 6. The second-order valence-electron chi connectivity index (χ2n) is 6.83. The van der Waals surface area contributed by atoms with Gasteiger partial charge in [0.15, 0.2) is 0 Å². The first-order chi connectivity index (χ1) is 14.5. The molecular weight excluding hydrogens is 440 g/mol. The maximum atomic E-state index is 13.1. The molecular formula is C22H19ClN2O3S2. The molecule has 1 aromatic carbocycles. The standard InChI is InChI=1S/C22H19ClN2O3S2/c1-3-28-19(26)11-16(17-5-4-8-29-17)25-22(27)18-10-14-20(30-18)13-9-12(2)6-7-15(13)24-21(14)23/h4-10,16H,3,11H2,1-2H3,(H,25,27)/t16-/m1/s1. The van der Waals surface area contributed by atoms with Crippen LogP contribution in [0.5, 0.6) is 0 Å². The van der Waals surface area contributed by atoms with Crippen LogP contribution in [0.1, 0.15) is 39.5 Å². The highest BCUT2D eigenvalue weighted by molar-refractivity contribution is 7.21. The van der Waals surface area contributed by atoms with Crippen LogP contribution in [0.4, 0.5) is 0 Å². The van der Waals surface area contributed by atoms with Crippen LogP contribution in [0.3, 0.4) is 0 Å². The van der Waals surface area contributed by atoms with E-state index >= 15 is 0 Å². The summed E-state index contributed by atoms with van der Waals surface area (Å²) in [6, 6.07) is 11.1. The number of carbonyl (C=O) groups excluding carboxylic acids is 2. The number of fused-ring (bicyclic) bond motifs is 3. The minimum absolute atomic E-state index is 0.0788. The van der Waals surface area contributed by atoms with Crippen molar-refractivity contribution in [2.24, 2.45) is 0 Å². The molecule has 3 heterocycles. The highest BCUT2D eigenvalue weighted by Crippen LogP contribution is 2.36. The molecule has 30 heavy (non-hydrogen) atoms. The second kappa shape index (κ2) is 8.71. The molecule has 0 unspecified atom stereocenters. The van der Waals surface area contributed by atoms with Gasteiger partial charge in [0.05, 0.1) is 29.5 Å². The number of amides is 1. The first-order valence-corrected chi connectivity index (χ1v) is 11.5. The van der Waals surface area contributed by atoms with E-state index < -0.39 is 6.04 Å². The second-order valence-corrected chi connectivity index (χ2v) is 9.22. The molecule has 4 rings (SSSR count). The van der Waals surface area contributed by atoms with Crippen LogP contribution in [0, 0.1) is 6.92 Å². The first kappa shape index (κ1) is 20.8. The fourth-order valence-corrected chi connectivity index (χ4v) is 5.44. The van der Waals surface area contributed by atoms with Crippen LogP contribution < -0.4 is 5.32 Å². The summed E-state index contributed by atoms with van der Waals surface area (Å²) in [5.41, 5.74) is 1.91. The van der Waals surface area contributed by atoms with E-state index in [2.05, 4.69) is 10.3 Å². The number of aryl methyl sites for hydroxylation is 1. The van der Waals surface area contributed by atoms with E-state index in [1.165, 1.54) is 22.7 Å². The number of aromatic nitrogens is 1. The zero-order valence-electron chi connectivity index (χ0n) is 16.4. The van der Waals surface area contributed by atoms with Gasteiger partial charge in [0, 0.05) is 20.3 Å². The van der Waals surface area contributed by atoms with Crippen molar-refractivity contribution in [1.29, 1.82) is 0 Å². The quantitative estimate of drug-likeness (QED) is 0.288. The summed E-state index contributed by atoms with van der Waals surface area (Å²) >= 11 is 9.25. The van der Waals surface area contributed by atoms with Crippen LogP contribution in [-0.2, 0) is 9.53 Å². The van der Waals surface area contributed by atoms with Crippen molar-refractivity contribution < 1.29 is 14.3 Å². The lowest BCUT2D eigenvalue weighted by Gasteiger charge is -2.16. The zero-order valence-corrected chi connectivity index (χ0v) is 18.8. The summed E-state index contributed by atoms with van der Waals surface area (Å²) in [5.74, 6) is -0.600. The molecule has 0 saturated heterocycles. The van der Waals surface area contributed by atoms with E-state index in [4.69, 9.17) is 16.3 Å². The zero-order chi connectivity index (χ0) is 21.3. The number of carbonyl (C=O) groups is 2. The maximum Gasteiger partial charge on any atom is 0.308 e. The van der Waals surface area contributed by atoms with Crippen molar-refractivity contribution in [1.82, 2.24) is 10.3 Å². The minimum atomic E-state index is -0.450. The van der Waals surface area contributed by atoms with Gasteiger partial charge in [-0.25, -0.2) is 4.98 Å². The molecule has 0 saturated carbocycles. The van der Waals surface area contributed by atoms with Crippen molar-refractivity contribution in [3.05, 3.63) is 62.2 Å². The molecule has 0 bridgehead atoms. The Morgan fingerprint density at radius 2 is 2.07 bits per heavy atom. The van der Waals surface area contributed by atoms with Gasteiger partial charge in [0.2, 0.25) is 0 Å². The number of hydrogen-bond donors (Lipinski definition) is 1. The third kappa shape index (κ3) is 4.19. The topological polar surface area (TPSA) is 68.3 Å². The molecule has 8 heteroatoms. The molecule has 1 N–H and O–H groups in total. The summed E-state index contributed by atoms with van der Waals surface area (Å²) < 4.78 is 6.00. The van der Waals surface area contributed by atoms with Crippen molar-refractivity contribution in [3.8, 4) is 0 Å². The number of benzene rings is 1. The molecule has 0 aliphatic rings. The number of halogens is 1. The Bertz CT molecular complexity index is 1230. The van der Waals surface area contributed by atoms with Gasteiger partial charge in [-0.2, -0.15) is 0 Å². The maximum absolute atomic E-state index is 13.1. The van der Waals surface area contributed by atoms with E-state index in [1.54, 1.807) is 13.0 Å². The van der Waals surface area contributed by atoms with Gasteiger partial charge in [-0.05, 0) is 43.5 Å². The normalized spacial score (nSPS) is 12.2. The van der Waals surface area contributed by atoms with Crippen LogP contribution in [0.15, 0.2) is 41.8 Å². The largest absolute Gasteiger partial charge is 0.466 e. The number of thiophene rings is 2. The molecule has 5 nitrogen and oxygen atoms in total. The fourth-order valence-electron chi connectivity index (χ4n) is 3.28. The highest BCUT2D eigenvalue weighted by atomic mass is 35.5. The summed E-state index contributed by atoms with van der Waals surface area (Å²) in [5, 5.41) is 7.00. The van der Waals surface area contributed by atoms with Crippen molar-refractivity contribution in [3.63, 3.8) is 0 Å². The lowest BCUT2D eigenvalue weighted by Crippen LogP contribution is -2.29. The smallest absolute Gasteiger partial charge is 0.308 e. The van der Waals surface area contributed by atoms with Gasteiger partial charge < -0.3 is 10.1 Å². The number of nitrogens with one attached hydrogen (secondary N) is 1. The van der Waals surface area contributed by atoms with Crippen LogP contribution >= 0.6 is 34.3 Å². The molecule has 154 valence electrons. The third-order valence-electron chi connectivity index (χ3n) is 4.66. The SMILES string of the molecule is CCOC(=O)C[C@@H](NC(=O)c1cc2c(Cl)nc3ccc(C)cc3c2s1)c1cccs1. The Morgan fingerprint density at radius 1 is 1.23 bits per heavy atom. The van der Waals surface area contributed by atoms with Crippen molar-refractivity contribution in [2.45, 2.75) is 26.3 Å².